The summed E-state index contributed by atoms with van der Waals surface area (Å²) in [4.78, 5) is 1.19. The second kappa shape index (κ2) is 5.72. The van der Waals surface area contributed by atoms with Crippen molar-refractivity contribution in [3.63, 3.8) is 0 Å². The van der Waals surface area contributed by atoms with E-state index >= 15 is 0 Å². The molecule has 1 atom stereocenters. The van der Waals surface area contributed by atoms with Crippen molar-refractivity contribution >= 4 is 50.5 Å². The van der Waals surface area contributed by atoms with E-state index in [1.54, 1.807) is 11.3 Å². The Morgan fingerprint density at radius 2 is 2.00 bits per heavy atom. The molecule has 0 saturated carbocycles. The number of halogens is 3. The van der Waals surface area contributed by atoms with Gasteiger partial charge in [0.15, 0.2) is 0 Å². The Kier molecular flexibility index (Phi) is 4.50. The summed E-state index contributed by atoms with van der Waals surface area (Å²) in [6.07, 6.45) is 0.783. The van der Waals surface area contributed by atoms with Crippen LogP contribution in [0.25, 0.3) is 0 Å². The topological polar surface area (TPSA) is 26.0 Å². The highest BCUT2D eigenvalue weighted by atomic mass is 79.9. The number of benzene rings is 1. The molecule has 0 radical (unpaired) electrons. The third kappa shape index (κ3) is 3.46. The van der Waals surface area contributed by atoms with Crippen LogP contribution in [0.15, 0.2) is 34.8 Å². The standard InChI is InChI=1S/C12H10BrCl2NS/c13-9-5-7(1-3-10(9)14)11(16)6-8-2-4-12(15)17-8/h1-5,11H,6,16H2. The zero-order chi connectivity index (χ0) is 12.4. The van der Waals surface area contributed by atoms with Gasteiger partial charge in [0, 0.05) is 21.8 Å². The smallest absolute Gasteiger partial charge is 0.0931 e. The molecule has 5 heteroatoms. The molecular formula is C12H10BrCl2NS. The minimum atomic E-state index is -0.0433. The highest BCUT2D eigenvalue weighted by molar-refractivity contribution is 9.10. The summed E-state index contributed by atoms with van der Waals surface area (Å²) in [5, 5.41) is 0.695. The van der Waals surface area contributed by atoms with Crippen LogP contribution in [0.5, 0.6) is 0 Å². The lowest BCUT2D eigenvalue weighted by Gasteiger charge is -2.11. The molecule has 0 saturated heterocycles. The molecule has 1 heterocycles. The van der Waals surface area contributed by atoms with Gasteiger partial charge in [0.1, 0.15) is 0 Å². The highest BCUT2D eigenvalue weighted by Gasteiger charge is 2.10. The van der Waals surface area contributed by atoms with Crippen molar-refractivity contribution in [2.45, 2.75) is 12.5 Å². The largest absolute Gasteiger partial charge is 0.324 e. The molecule has 0 aliphatic heterocycles. The van der Waals surface area contributed by atoms with Gasteiger partial charge in [-0.15, -0.1) is 11.3 Å². The van der Waals surface area contributed by atoms with Crippen molar-refractivity contribution in [1.29, 1.82) is 0 Å². The predicted molar refractivity (Wildman–Crippen MR) is 79.1 cm³/mol. The maximum atomic E-state index is 6.15. The molecule has 0 aliphatic carbocycles. The maximum Gasteiger partial charge on any atom is 0.0931 e. The number of thiophene rings is 1. The van der Waals surface area contributed by atoms with Crippen LogP contribution in [0.3, 0.4) is 0 Å². The van der Waals surface area contributed by atoms with Crippen LogP contribution in [0.1, 0.15) is 16.5 Å². The molecule has 2 rings (SSSR count). The fourth-order valence-corrected chi connectivity index (χ4v) is 3.20. The third-order valence-corrected chi connectivity index (χ3v) is 4.89. The van der Waals surface area contributed by atoms with Gasteiger partial charge in [-0.2, -0.15) is 0 Å². The Morgan fingerprint density at radius 3 is 2.59 bits per heavy atom. The first-order chi connectivity index (χ1) is 8.06. The molecule has 17 heavy (non-hydrogen) atoms. The summed E-state index contributed by atoms with van der Waals surface area (Å²) in [5.41, 5.74) is 7.22. The van der Waals surface area contributed by atoms with Gasteiger partial charge < -0.3 is 5.73 Å². The van der Waals surface area contributed by atoms with E-state index in [0.717, 1.165) is 20.8 Å². The monoisotopic (exact) mass is 349 g/mol. The van der Waals surface area contributed by atoms with E-state index in [4.69, 9.17) is 28.9 Å². The Morgan fingerprint density at radius 1 is 1.24 bits per heavy atom. The van der Waals surface area contributed by atoms with Crippen molar-refractivity contribution in [2.75, 3.05) is 0 Å². The summed E-state index contributed by atoms with van der Waals surface area (Å²) in [5.74, 6) is 0. The van der Waals surface area contributed by atoms with Gasteiger partial charge in [0.2, 0.25) is 0 Å². The minimum Gasteiger partial charge on any atom is -0.324 e. The second-order valence-corrected chi connectivity index (χ2v) is 6.75. The van der Waals surface area contributed by atoms with Gasteiger partial charge in [-0.05, 0) is 45.8 Å². The summed E-state index contributed by atoms with van der Waals surface area (Å²) in [6.45, 7) is 0. The summed E-state index contributed by atoms with van der Waals surface area (Å²) in [7, 11) is 0. The van der Waals surface area contributed by atoms with Gasteiger partial charge in [0.25, 0.3) is 0 Å². The molecule has 1 aromatic carbocycles. The summed E-state index contributed by atoms with van der Waals surface area (Å²) >= 11 is 16.8. The maximum absolute atomic E-state index is 6.15. The highest BCUT2D eigenvalue weighted by Crippen LogP contribution is 2.29. The molecular weight excluding hydrogens is 341 g/mol. The lowest BCUT2D eigenvalue weighted by atomic mass is 10.0. The minimum absolute atomic E-state index is 0.0433. The second-order valence-electron chi connectivity index (χ2n) is 3.69. The first-order valence-corrected chi connectivity index (χ1v) is 7.37. The number of hydrogen-bond donors (Lipinski definition) is 1. The third-order valence-electron chi connectivity index (χ3n) is 2.42. The lowest BCUT2D eigenvalue weighted by molar-refractivity contribution is 0.730. The molecule has 2 aromatic rings. The van der Waals surface area contributed by atoms with Gasteiger partial charge in [-0.1, -0.05) is 29.3 Å². The first-order valence-electron chi connectivity index (χ1n) is 5.01. The molecule has 0 aliphatic rings. The van der Waals surface area contributed by atoms with E-state index in [1.807, 2.05) is 30.3 Å². The van der Waals surface area contributed by atoms with E-state index < -0.39 is 0 Å². The van der Waals surface area contributed by atoms with E-state index in [2.05, 4.69) is 15.9 Å². The van der Waals surface area contributed by atoms with Crippen LogP contribution in [0.2, 0.25) is 9.36 Å². The quantitative estimate of drug-likeness (QED) is 0.822. The van der Waals surface area contributed by atoms with Crippen LogP contribution in [-0.4, -0.2) is 0 Å². The Bertz CT molecular complexity index is 527. The van der Waals surface area contributed by atoms with E-state index in [0.29, 0.717) is 5.02 Å². The van der Waals surface area contributed by atoms with E-state index in [9.17, 15) is 0 Å². The normalized spacial score (nSPS) is 12.7. The molecule has 90 valence electrons. The summed E-state index contributed by atoms with van der Waals surface area (Å²) in [6, 6.07) is 9.62. The van der Waals surface area contributed by atoms with Crippen LogP contribution in [0, 0.1) is 0 Å². The van der Waals surface area contributed by atoms with Crippen LogP contribution >= 0.6 is 50.5 Å². The van der Waals surface area contributed by atoms with Gasteiger partial charge >= 0.3 is 0 Å². The summed E-state index contributed by atoms with van der Waals surface area (Å²) < 4.78 is 1.67. The molecule has 1 nitrogen and oxygen atoms in total. The SMILES string of the molecule is NC(Cc1ccc(Cl)s1)c1ccc(Cl)c(Br)c1. The number of hydrogen-bond acceptors (Lipinski definition) is 2. The van der Waals surface area contributed by atoms with Crippen molar-refractivity contribution < 1.29 is 0 Å². The number of rotatable bonds is 3. The zero-order valence-corrected chi connectivity index (χ0v) is 12.7. The molecule has 0 amide bonds. The molecule has 0 fully saturated rings. The molecule has 1 aromatic heterocycles. The Hall–Kier alpha value is -0.0600. The fourth-order valence-electron chi connectivity index (χ4n) is 1.54. The molecule has 0 spiro atoms. The molecule has 0 bridgehead atoms. The van der Waals surface area contributed by atoms with Crippen molar-refractivity contribution in [2.24, 2.45) is 5.73 Å². The van der Waals surface area contributed by atoms with Crippen LogP contribution < -0.4 is 5.73 Å². The van der Waals surface area contributed by atoms with Crippen molar-refractivity contribution in [3.05, 3.63) is 54.6 Å². The first kappa shape index (κ1) is 13.4. The average Bonchev–Trinajstić information content (AvgIpc) is 2.68. The van der Waals surface area contributed by atoms with Crippen LogP contribution in [-0.2, 0) is 6.42 Å². The Labute approximate surface area is 123 Å². The fraction of sp³-hybridized carbons (Fsp3) is 0.167. The number of nitrogens with two attached hydrogens (primary N) is 1. The van der Waals surface area contributed by atoms with E-state index in [-0.39, 0.29) is 6.04 Å². The van der Waals surface area contributed by atoms with Gasteiger partial charge in [-0.25, -0.2) is 0 Å². The van der Waals surface area contributed by atoms with Gasteiger partial charge in [0.05, 0.1) is 9.36 Å². The zero-order valence-electron chi connectivity index (χ0n) is 8.79. The van der Waals surface area contributed by atoms with Gasteiger partial charge in [-0.3, -0.25) is 0 Å². The van der Waals surface area contributed by atoms with Crippen molar-refractivity contribution in [1.82, 2.24) is 0 Å². The molecule has 1 unspecified atom stereocenters. The predicted octanol–water partition coefficient (Wildman–Crippen LogP) is 5.06. The Balaban J connectivity index is 2.14. The lowest BCUT2D eigenvalue weighted by Crippen LogP contribution is -2.12. The van der Waals surface area contributed by atoms with Crippen LogP contribution in [0.4, 0.5) is 0 Å². The van der Waals surface area contributed by atoms with Crippen molar-refractivity contribution in [3.8, 4) is 0 Å². The van der Waals surface area contributed by atoms with E-state index in [1.165, 1.54) is 4.88 Å². The molecule has 2 N–H and O–H groups in total. The average molecular weight is 351 g/mol.